The number of rotatable bonds is 3. The number of aromatic nitrogens is 3. The van der Waals surface area contributed by atoms with E-state index in [9.17, 15) is 12.8 Å². The van der Waals surface area contributed by atoms with Crippen LogP contribution >= 0.6 is 11.6 Å². The maximum Gasteiger partial charge on any atom is 0.283 e. The molecule has 0 fully saturated rings. The van der Waals surface area contributed by atoms with Crippen LogP contribution in [0.4, 0.5) is 10.2 Å². The standard InChI is InChI=1S/C9H8ClFN4O2S/c1-15-5-12-9(8(15)10)18(16,17)14-7-4-2-3-6(11)13-7/h2-5H,1H3,(H,13,14). The fourth-order valence-corrected chi connectivity index (χ4v) is 2.66. The van der Waals surface area contributed by atoms with Crippen molar-refractivity contribution in [3.8, 4) is 0 Å². The molecule has 2 heterocycles. The van der Waals surface area contributed by atoms with Crippen LogP contribution in [-0.2, 0) is 17.1 Å². The van der Waals surface area contributed by atoms with Crippen molar-refractivity contribution in [2.45, 2.75) is 5.03 Å². The lowest BCUT2D eigenvalue weighted by Gasteiger charge is -2.05. The molecule has 0 atom stereocenters. The van der Waals surface area contributed by atoms with Crippen LogP contribution in [0.3, 0.4) is 0 Å². The van der Waals surface area contributed by atoms with Crippen molar-refractivity contribution in [3.05, 3.63) is 35.6 Å². The van der Waals surface area contributed by atoms with E-state index in [0.29, 0.717) is 0 Å². The number of pyridine rings is 1. The van der Waals surface area contributed by atoms with Crippen molar-refractivity contribution in [1.82, 2.24) is 14.5 Å². The van der Waals surface area contributed by atoms with E-state index in [1.165, 1.54) is 23.0 Å². The lowest BCUT2D eigenvalue weighted by Crippen LogP contribution is -2.15. The normalized spacial score (nSPS) is 11.5. The van der Waals surface area contributed by atoms with Crippen molar-refractivity contribution in [1.29, 1.82) is 0 Å². The highest BCUT2D eigenvalue weighted by atomic mass is 35.5. The first-order valence-corrected chi connectivity index (χ1v) is 6.58. The van der Waals surface area contributed by atoms with E-state index in [-0.39, 0.29) is 16.0 Å². The van der Waals surface area contributed by atoms with Crippen LogP contribution in [0.5, 0.6) is 0 Å². The van der Waals surface area contributed by atoms with Gasteiger partial charge in [-0.05, 0) is 12.1 Å². The number of imidazole rings is 1. The smallest absolute Gasteiger partial charge is 0.283 e. The second-order valence-electron chi connectivity index (χ2n) is 3.40. The lowest BCUT2D eigenvalue weighted by atomic mass is 10.5. The molecule has 0 saturated carbocycles. The summed E-state index contributed by atoms with van der Waals surface area (Å²) in [4.78, 5) is 7.05. The van der Waals surface area contributed by atoms with Gasteiger partial charge in [0.1, 0.15) is 11.0 Å². The Labute approximate surface area is 107 Å². The van der Waals surface area contributed by atoms with Gasteiger partial charge in [-0.2, -0.15) is 12.8 Å². The highest BCUT2D eigenvalue weighted by Crippen LogP contribution is 2.20. The fraction of sp³-hybridized carbons (Fsp3) is 0.111. The third-order valence-electron chi connectivity index (χ3n) is 2.04. The molecule has 2 aromatic rings. The Morgan fingerprint density at radius 1 is 1.44 bits per heavy atom. The summed E-state index contributed by atoms with van der Waals surface area (Å²) in [5.74, 6) is -0.931. The molecule has 96 valence electrons. The molecule has 18 heavy (non-hydrogen) atoms. The van der Waals surface area contributed by atoms with E-state index in [2.05, 4.69) is 14.7 Å². The maximum atomic E-state index is 12.8. The van der Waals surface area contributed by atoms with Gasteiger partial charge in [-0.1, -0.05) is 17.7 Å². The first-order chi connectivity index (χ1) is 8.40. The second-order valence-corrected chi connectivity index (χ2v) is 5.36. The quantitative estimate of drug-likeness (QED) is 0.867. The summed E-state index contributed by atoms with van der Waals surface area (Å²) < 4.78 is 40.1. The Kier molecular flexibility index (Phi) is 3.22. The summed E-state index contributed by atoms with van der Waals surface area (Å²) in [6.07, 6.45) is 1.26. The number of aryl methyl sites for hydroxylation is 1. The van der Waals surface area contributed by atoms with E-state index in [1.54, 1.807) is 7.05 Å². The van der Waals surface area contributed by atoms with Crippen LogP contribution in [0.2, 0.25) is 5.15 Å². The highest BCUT2D eigenvalue weighted by Gasteiger charge is 2.22. The number of nitrogens with zero attached hydrogens (tertiary/aromatic N) is 3. The minimum atomic E-state index is -3.98. The topological polar surface area (TPSA) is 76.9 Å². The summed E-state index contributed by atoms with van der Waals surface area (Å²) in [6, 6.07) is 3.75. The Hall–Kier alpha value is -1.67. The molecular formula is C9H8ClFN4O2S. The average molecular weight is 291 g/mol. The van der Waals surface area contributed by atoms with Crippen molar-refractivity contribution in [3.63, 3.8) is 0 Å². The summed E-state index contributed by atoms with van der Waals surface area (Å²) in [7, 11) is -2.43. The largest absolute Gasteiger partial charge is 0.324 e. The molecule has 2 rings (SSSR count). The molecule has 0 radical (unpaired) electrons. The number of sulfonamides is 1. The van der Waals surface area contributed by atoms with Gasteiger partial charge in [-0.15, -0.1) is 0 Å². The predicted octanol–water partition coefficient (Wildman–Crippen LogP) is 1.41. The first kappa shape index (κ1) is 12.8. The fourth-order valence-electron chi connectivity index (χ4n) is 1.23. The molecule has 0 aliphatic heterocycles. The maximum absolute atomic E-state index is 12.8. The molecular weight excluding hydrogens is 283 g/mol. The van der Waals surface area contributed by atoms with Gasteiger partial charge in [0, 0.05) is 7.05 Å². The summed E-state index contributed by atoms with van der Waals surface area (Å²) in [5.41, 5.74) is 0. The Bertz CT molecular complexity index is 686. The Balaban J connectivity index is 2.36. The minimum Gasteiger partial charge on any atom is -0.324 e. The zero-order valence-corrected chi connectivity index (χ0v) is 10.7. The van der Waals surface area contributed by atoms with Gasteiger partial charge < -0.3 is 4.57 Å². The molecule has 2 aromatic heterocycles. The molecule has 0 aliphatic carbocycles. The van der Waals surface area contributed by atoms with Crippen LogP contribution in [0.1, 0.15) is 0 Å². The molecule has 0 aliphatic rings. The van der Waals surface area contributed by atoms with Crippen LogP contribution in [-0.4, -0.2) is 23.0 Å². The van der Waals surface area contributed by atoms with E-state index >= 15 is 0 Å². The Morgan fingerprint density at radius 3 is 2.72 bits per heavy atom. The van der Waals surface area contributed by atoms with E-state index in [4.69, 9.17) is 11.6 Å². The zero-order valence-electron chi connectivity index (χ0n) is 9.13. The zero-order chi connectivity index (χ0) is 13.3. The highest BCUT2D eigenvalue weighted by molar-refractivity contribution is 7.92. The molecule has 6 nitrogen and oxygen atoms in total. The Morgan fingerprint density at radius 2 is 2.17 bits per heavy atom. The third-order valence-corrected chi connectivity index (χ3v) is 3.89. The SMILES string of the molecule is Cn1cnc(S(=O)(=O)Nc2cccc(F)n2)c1Cl. The monoisotopic (exact) mass is 290 g/mol. The van der Waals surface area contributed by atoms with Crippen molar-refractivity contribution in [2.75, 3.05) is 4.72 Å². The van der Waals surface area contributed by atoms with Gasteiger partial charge in [-0.25, -0.2) is 9.97 Å². The average Bonchev–Trinajstić information content (AvgIpc) is 2.59. The van der Waals surface area contributed by atoms with Crippen LogP contribution < -0.4 is 4.72 Å². The molecule has 0 unspecified atom stereocenters. The van der Waals surface area contributed by atoms with Crippen molar-refractivity contribution in [2.24, 2.45) is 7.05 Å². The first-order valence-electron chi connectivity index (χ1n) is 4.72. The van der Waals surface area contributed by atoms with Gasteiger partial charge >= 0.3 is 0 Å². The van der Waals surface area contributed by atoms with Crippen LogP contribution in [0.25, 0.3) is 0 Å². The molecule has 0 bridgehead atoms. The summed E-state index contributed by atoms with van der Waals surface area (Å²) >= 11 is 5.78. The second kappa shape index (κ2) is 4.54. The molecule has 0 saturated heterocycles. The van der Waals surface area contributed by atoms with Gasteiger partial charge in [0.2, 0.25) is 11.0 Å². The number of halogens is 2. The van der Waals surface area contributed by atoms with Crippen molar-refractivity contribution < 1.29 is 12.8 Å². The summed E-state index contributed by atoms with van der Waals surface area (Å²) in [6.45, 7) is 0. The van der Waals surface area contributed by atoms with Crippen LogP contribution in [0.15, 0.2) is 29.6 Å². The van der Waals surface area contributed by atoms with Crippen molar-refractivity contribution >= 4 is 27.4 Å². The number of hydrogen-bond acceptors (Lipinski definition) is 4. The van der Waals surface area contributed by atoms with E-state index < -0.39 is 16.0 Å². The molecule has 0 spiro atoms. The number of anilines is 1. The van der Waals surface area contributed by atoms with E-state index in [0.717, 1.165) is 6.07 Å². The van der Waals surface area contributed by atoms with Gasteiger partial charge in [0.15, 0.2) is 0 Å². The predicted molar refractivity (Wildman–Crippen MR) is 63.2 cm³/mol. The minimum absolute atomic E-state index is 0.0427. The molecule has 1 N–H and O–H groups in total. The lowest BCUT2D eigenvalue weighted by molar-refractivity contribution is 0.584. The molecule has 0 amide bonds. The van der Waals surface area contributed by atoms with Gasteiger partial charge in [0.25, 0.3) is 10.0 Å². The number of nitrogens with one attached hydrogen (secondary N) is 1. The van der Waals surface area contributed by atoms with Gasteiger partial charge in [-0.3, -0.25) is 4.72 Å². The third kappa shape index (κ3) is 2.44. The number of hydrogen-bond donors (Lipinski definition) is 1. The molecule has 9 heteroatoms. The summed E-state index contributed by atoms with van der Waals surface area (Å²) in [5, 5.41) is -0.378. The van der Waals surface area contributed by atoms with Gasteiger partial charge in [0.05, 0.1) is 6.33 Å². The molecule has 0 aromatic carbocycles. The van der Waals surface area contributed by atoms with E-state index in [1.807, 2.05) is 0 Å². The van der Waals surface area contributed by atoms with Crippen LogP contribution in [0, 0.1) is 5.95 Å².